The van der Waals surface area contributed by atoms with Gasteiger partial charge in [0.2, 0.25) is 0 Å². The molecule has 0 radical (unpaired) electrons. The van der Waals surface area contributed by atoms with E-state index in [4.69, 9.17) is 5.21 Å². The van der Waals surface area contributed by atoms with Crippen molar-refractivity contribution in [3.8, 4) is 0 Å². The molecule has 1 rings (SSSR count). The lowest BCUT2D eigenvalue weighted by molar-refractivity contribution is 0.387. The second-order valence-electron chi connectivity index (χ2n) is 3.61. The third kappa shape index (κ3) is 1.42. The van der Waals surface area contributed by atoms with Crippen LogP contribution in [-0.4, -0.2) is 5.21 Å². The number of anilines is 1. The molecular weight excluding hydrogens is 162 g/mol. The van der Waals surface area contributed by atoms with Gasteiger partial charge in [0.05, 0.1) is 5.69 Å². The lowest BCUT2D eigenvalue weighted by atomic mass is 9.93. The van der Waals surface area contributed by atoms with E-state index < -0.39 is 0 Å². The van der Waals surface area contributed by atoms with E-state index in [1.807, 2.05) is 13.8 Å². The molecule has 0 amide bonds. The van der Waals surface area contributed by atoms with E-state index >= 15 is 0 Å². The Balaban J connectivity index is 3.56. The maximum atomic E-state index is 8.99. The van der Waals surface area contributed by atoms with Crippen LogP contribution in [-0.2, 0) is 0 Å². The predicted octanol–water partition coefficient (Wildman–Crippen LogP) is 3.03. The van der Waals surface area contributed by atoms with Crippen LogP contribution in [0.1, 0.15) is 27.8 Å². The van der Waals surface area contributed by atoms with Crippen LogP contribution in [0.25, 0.3) is 0 Å². The molecule has 2 nitrogen and oxygen atoms in total. The van der Waals surface area contributed by atoms with Gasteiger partial charge in [0, 0.05) is 0 Å². The first kappa shape index (κ1) is 10.1. The molecule has 0 fully saturated rings. The average molecular weight is 179 g/mol. The Labute approximate surface area is 79.6 Å². The van der Waals surface area contributed by atoms with Crippen molar-refractivity contribution in [1.29, 1.82) is 0 Å². The molecule has 0 saturated carbocycles. The van der Waals surface area contributed by atoms with Crippen molar-refractivity contribution in [1.82, 2.24) is 0 Å². The van der Waals surface area contributed by atoms with Gasteiger partial charge in [-0.2, -0.15) is 0 Å². The van der Waals surface area contributed by atoms with Crippen molar-refractivity contribution in [2.24, 2.45) is 0 Å². The fourth-order valence-electron chi connectivity index (χ4n) is 1.67. The quantitative estimate of drug-likeness (QED) is 0.649. The maximum absolute atomic E-state index is 8.99. The molecule has 0 unspecified atom stereocenters. The van der Waals surface area contributed by atoms with Crippen LogP contribution in [0.4, 0.5) is 5.69 Å². The Bertz CT molecular complexity index is 313. The van der Waals surface area contributed by atoms with Crippen LogP contribution in [0.3, 0.4) is 0 Å². The third-order valence-corrected chi connectivity index (χ3v) is 3.11. The van der Waals surface area contributed by atoms with Crippen molar-refractivity contribution in [3.05, 3.63) is 27.8 Å². The molecule has 0 atom stereocenters. The Morgan fingerprint density at radius 1 is 0.692 bits per heavy atom. The molecule has 0 aromatic heterocycles. The number of benzene rings is 1. The molecule has 0 aliphatic rings. The summed E-state index contributed by atoms with van der Waals surface area (Å²) in [5.74, 6) is 0. The minimum absolute atomic E-state index is 0.848. The minimum Gasteiger partial charge on any atom is -0.291 e. The Hall–Kier alpha value is -1.02. The Morgan fingerprint density at radius 2 is 1.00 bits per heavy atom. The molecule has 0 heterocycles. The highest BCUT2D eigenvalue weighted by Gasteiger charge is 2.10. The zero-order valence-electron chi connectivity index (χ0n) is 8.95. The summed E-state index contributed by atoms with van der Waals surface area (Å²) in [6, 6.07) is 0. The lowest BCUT2D eigenvalue weighted by Gasteiger charge is -2.17. The first-order valence-corrected chi connectivity index (χ1v) is 4.47. The summed E-state index contributed by atoms with van der Waals surface area (Å²) in [7, 11) is 0. The fourth-order valence-corrected chi connectivity index (χ4v) is 1.67. The zero-order chi connectivity index (χ0) is 10.2. The number of hydrogen-bond donors (Lipinski definition) is 2. The summed E-state index contributed by atoms with van der Waals surface area (Å²) in [4.78, 5) is 0. The third-order valence-electron chi connectivity index (χ3n) is 3.11. The van der Waals surface area contributed by atoms with Gasteiger partial charge in [-0.3, -0.25) is 10.7 Å². The van der Waals surface area contributed by atoms with Crippen LogP contribution in [0, 0.1) is 34.6 Å². The molecule has 72 valence electrons. The van der Waals surface area contributed by atoms with Crippen molar-refractivity contribution < 1.29 is 5.21 Å². The van der Waals surface area contributed by atoms with Gasteiger partial charge in [0.1, 0.15) is 0 Å². The van der Waals surface area contributed by atoms with Crippen LogP contribution < -0.4 is 5.48 Å². The highest BCUT2D eigenvalue weighted by molar-refractivity contribution is 5.63. The first-order valence-electron chi connectivity index (χ1n) is 4.47. The summed E-state index contributed by atoms with van der Waals surface area (Å²) in [6.45, 7) is 10.3. The molecular formula is C11H17NO. The van der Waals surface area contributed by atoms with E-state index in [1.54, 1.807) is 0 Å². The summed E-state index contributed by atoms with van der Waals surface area (Å²) in [6.07, 6.45) is 0. The van der Waals surface area contributed by atoms with Crippen LogP contribution in [0.5, 0.6) is 0 Å². The molecule has 0 aliphatic heterocycles. The standard InChI is InChI=1S/C11H17NO/c1-6-7(2)9(4)11(12-13)10(5)8(6)3/h12-13H,1-5H3. The average Bonchev–Trinajstić information content (AvgIpc) is 2.13. The Morgan fingerprint density at radius 3 is 1.31 bits per heavy atom. The van der Waals surface area contributed by atoms with Gasteiger partial charge in [-0.05, 0) is 62.4 Å². The molecule has 13 heavy (non-hydrogen) atoms. The smallest absolute Gasteiger partial charge is 0.0665 e. The monoisotopic (exact) mass is 179 g/mol. The second kappa shape index (κ2) is 3.38. The zero-order valence-corrected chi connectivity index (χ0v) is 8.95. The molecule has 1 aromatic carbocycles. The molecule has 1 aromatic rings. The van der Waals surface area contributed by atoms with E-state index in [9.17, 15) is 0 Å². The highest BCUT2D eigenvalue weighted by Crippen LogP contribution is 2.29. The van der Waals surface area contributed by atoms with Gasteiger partial charge < -0.3 is 0 Å². The summed E-state index contributed by atoms with van der Waals surface area (Å²) >= 11 is 0. The number of hydrogen-bond acceptors (Lipinski definition) is 2. The van der Waals surface area contributed by atoms with Crippen molar-refractivity contribution in [2.75, 3.05) is 5.48 Å². The molecule has 0 bridgehead atoms. The van der Waals surface area contributed by atoms with E-state index in [0.29, 0.717) is 0 Å². The van der Waals surface area contributed by atoms with E-state index in [-0.39, 0.29) is 0 Å². The van der Waals surface area contributed by atoms with Crippen LogP contribution in [0.2, 0.25) is 0 Å². The van der Waals surface area contributed by atoms with Crippen LogP contribution in [0.15, 0.2) is 0 Å². The van der Waals surface area contributed by atoms with E-state index in [1.165, 1.54) is 16.7 Å². The summed E-state index contributed by atoms with van der Waals surface area (Å²) in [5, 5.41) is 8.99. The van der Waals surface area contributed by atoms with Crippen LogP contribution >= 0.6 is 0 Å². The second-order valence-corrected chi connectivity index (χ2v) is 3.61. The highest BCUT2D eigenvalue weighted by atomic mass is 16.5. The SMILES string of the molecule is Cc1c(C)c(C)c(NO)c(C)c1C. The Kier molecular flexibility index (Phi) is 2.62. The maximum Gasteiger partial charge on any atom is 0.0665 e. The van der Waals surface area contributed by atoms with Crippen molar-refractivity contribution >= 4 is 5.69 Å². The van der Waals surface area contributed by atoms with E-state index in [2.05, 4.69) is 26.3 Å². The van der Waals surface area contributed by atoms with E-state index in [0.717, 1.165) is 16.8 Å². The van der Waals surface area contributed by atoms with Gasteiger partial charge in [-0.25, -0.2) is 0 Å². The minimum atomic E-state index is 0.848. The van der Waals surface area contributed by atoms with Gasteiger partial charge >= 0.3 is 0 Å². The fraction of sp³-hybridized carbons (Fsp3) is 0.455. The molecule has 0 aliphatic carbocycles. The first-order chi connectivity index (χ1) is 6.00. The molecule has 0 saturated heterocycles. The van der Waals surface area contributed by atoms with Gasteiger partial charge in [0.15, 0.2) is 0 Å². The van der Waals surface area contributed by atoms with Crippen molar-refractivity contribution in [3.63, 3.8) is 0 Å². The number of nitrogens with one attached hydrogen (secondary N) is 1. The lowest BCUT2D eigenvalue weighted by Crippen LogP contribution is -2.02. The predicted molar refractivity (Wildman–Crippen MR) is 55.5 cm³/mol. The molecule has 2 heteroatoms. The number of rotatable bonds is 1. The molecule has 0 spiro atoms. The topological polar surface area (TPSA) is 32.3 Å². The van der Waals surface area contributed by atoms with Crippen molar-refractivity contribution in [2.45, 2.75) is 34.6 Å². The summed E-state index contributed by atoms with van der Waals surface area (Å²) in [5.41, 5.74) is 9.19. The van der Waals surface area contributed by atoms with Gasteiger partial charge in [-0.15, -0.1) is 0 Å². The molecule has 2 N–H and O–H groups in total. The van der Waals surface area contributed by atoms with Gasteiger partial charge in [-0.1, -0.05) is 0 Å². The van der Waals surface area contributed by atoms with Gasteiger partial charge in [0.25, 0.3) is 0 Å². The summed E-state index contributed by atoms with van der Waals surface area (Å²) < 4.78 is 0. The largest absolute Gasteiger partial charge is 0.291 e. The normalized spacial score (nSPS) is 10.3.